The molecular formula is C17H19F3O. The summed E-state index contributed by atoms with van der Waals surface area (Å²) in [6, 6.07) is 10.4. The van der Waals surface area contributed by atoms with Crippen LogP contribution in [0, 0.1) is 5.92 Å². The first-order valence-corrected chi connectivity index (χ1v) is 6.95. The van der Waals surface area contributed by atoms with E-state index >= 15 is 0 Å². The van der Waals surface area contributed by atoms with Crippen LogP contribution < -0.4 is 0 Å². The lowest BCUT2D eigenvalue weighted by Crippen LogP contribution is -2.40. The lowest BCUT2D eigenvalue weighted by Gasteiger charge is -2.30. The number of benzene rings is 2. The summed E-state index contributed by atoms with van der Waals surface area (Å²) < 4.78 is 39.9. The van der Waals surface area contributed by atoms with Crippen molar-refractivity contribution in [3.63, 3.8) is 0 Å². The lowest BCUT2D eigenvalue weighted by atomic mass is 9.83. The Bertz CT molecular complexity index is 642. The molecule has 2 aromatic carbocycles. The fourth-order valence-electron chi connectivity index (χ4n) is 2.64. The summed E-state index contributed by atoms with van der Waals surface area (Å²) in [5.41, 5.74) is -2.34. The second-order valence-corrected chi connectivity index (χ2v) is 5.99. The van der Waals surface area contributed by atoms with Crippen LogP contribution in [0.15, 0.2) is 36.4 Å². The fourth-order valence-corrected chi connectivity index (χ4v) is 2.64. The maximum absolute atomic E-state index is 13.3. The van der Waals surface area contributed by atoms with Gasteiger partial charge in [-0.25, -0.2) is 0 Å². The van der Waals surface area contributed by atoms with Gasteiger partial charge in [0.05, 0.1) is 0 Å². The highest BCUT2D eigenvalue weighted by molar-refractivity contribution is 5.87. The molecule has 0 aliphatic rings. The van der Waals surface area contributed by atoms with E-state index in [1.807, 2.05) is 19.9 Å². The third kappa shape index (κ3) is 2.91. The van der Waals surface area contributed by atoms with Gasteiger partial charge < -0.3 is 5.11 Å². The molecule has 0 amide bonds. The smallest absolute Gasteiger partial charge is 0.376 e. The van der Waals surface area contributed by atoms with Crippen LogP contribution >= 0.6 is 0 Å². The average molecular weight is 296 g/mol. The number of halogens is 3. The zero-order valence-corrected chi connectivity index (χ0v) is 12.3. The summed E-state index contributed by atoms with van der Waals surface area (Å²) in [6.07, 6.45) is -4.23. The molecule has 1 N–H and O–H groups in total. The zero-order valence-electron chi connectivity index (χ0n) is 12.3. The Balaban J connectivity index is 2.78. The molecule has 0 saturated carbocycles. The molecule has 0 saturated heterocycles. The topological polar surface area (TPSA) is 20.2 Å². The van der Waals surface area contributed by atoms with E-state index in [1.165, 1.54) is 0 Å². The van der Waals surface area contributed by atoms with Crippen molar-refractivity contribution in [2.45, 2.75) is 39.0 Å². The van der Waals surface area contributed by atoms with E-state index < -0.39 is 11.8 Å². The van der Waals surface area contributed by atoms with Gasteiger partial charge in [-0.15, -0.1) is 0 Å². The Labute approximate surface area is 122 Å². The number of hydrogen-bond donors (Lipinski definition) is 1. The van der Waals surface area contributed by atoms with Crippen LogP contribution in [0.25, 0.3) is 10.8 Å². The van der Waals surface area contributed by atoms with Gasteiger partial charge in [0.1, 0.15) is 0 Å². The van der Waals surface area contributed by atoms with Crippen LogP contribution in [0.1, 0.15) is 31.9 Å². The number of alkyl halides is 3. The van der Waals surface area contributed by atoms with Crippen molar-refractivity contribution >= 4 is 10.8 Å². The first-order valence-electron chi connectivity index (χ1n) is 6.95. The third-order valence-electron chi connectivity index (χ3n) is 3.68. The predicted molar refractivity (Wildman–Crippen MR) is 78.1 cm³/mol. The first kappa shape index (κ1) is 15.8. The fraction of sp³-hybridized carbons (Fsp3) is 0.412. The lowest BCUT2D eigenvalue weighted by molar-refractivity contribution is -0.258. The van der Waals surface area contributed by atoms with Gasteiger partial charge >= 0.3 is 6.18 Å². The Morgan fingerprint density at radius 2 is 1.67 bits per heavy atom. The van der Waals surface area contributed by atoms with Gasteiger partial charge in [0.15, 0.2) is 5.60 Å². The van der Waals surface area contributed by atoms with Crippen molar-refractivity contribution in [1.82, 2.24) is 0 Å². The van der Waals surface area contributed by atoms with Crippen LogP contribution in [0.5, 0.6) is 0 Å². The minimum absolute atomic E-state index is 0.0261. The van der Waals surface area contributed by atoms with Crippen LogP contribution in [0.3, 0.4) is 0 Å². The average Bonchev–Trinajstić information content (AvgIpc) is 2.36. The molecule has 0 bridgehead atoms. The van der Waals surface area contributed by atoms with E-state index in [2.05, 4.69) is 0 Å². The van der Waals surface area contributed by atoms with Crippen molar-refractivity contribution in [2.75, 3.05) is 0 Å². The van der Waals surface area contributed by atoms with E-state index in [4.69, 9.17) is 0 Å². The standard InChI is InChI=1S/C17H19F3O/c1-11(2)10-13-9-8-12-6-4-5-7-14(12)15(13)16(3,21)17(18,19)20/h4-9,11,21H,10H2,1-3H3. The van der Waals surface area contributed by atoms with Gasteiger partial charge in [0.25, 0.3) is 0 Å². The Morgan fingerprint density at radius 1 is 1.05 bits per heavy atom. The van der Waals surface area contributed by atoms with Crippen molar-refractivity contribution in [1.29, 1.82) is 0 Å². The summed E-state index contributed by atoms with van der Waals surface area (Å²) in [5, 5.41) is 11.3. The predicted octanol–water partition coefficient (Wildman–Crippen LogP) is 4.81. The normalized spacial score (nSPS) is 15.4. The number of aliphatic hydroxyl groups is 1. The Morgan fingerprint density at radius 3 is 2.24 bits per heavy atom. The van der Waals surface area contributed by atoms with Crippen LogP contribution in [0.2, 0.25) is 0 Å². The van der Waals surface area contributed by atoms with Crippen molar-refractivity contribution in [2.24, 2.45) is 5.92 Å². The summed E-state index contributed by atoms with van der Waals surface area (Å²) in [4.78, 5) is 0. The maximum Gasteiger partial charge on any atom is 0.421 e. The minimum Gasteiger partial charge on any atom is -0.376 e. The summed E-state index contributed by atoms with van der Waals surface area (Å²) in [6.45, 7) is 4.72. The summed E-state index contributed by atoms with van der Waals surface area (Å²) >= 11 is 0. The summed E-state index contributed by atoms with van der Waals surface area (Å²) in [5.74, 6) is 0.203. The molecule has 114 valence electrons. The molecule has 1 atom stereocenters. The largest absolute Gasteiger partial charge is 0.421 e. The molecule has 0 fully saturated rings. The van der Waals surface area contributed by atoms with Crippen molar-refractivity contribution in [3.8, 4) is 0 Å². The number of rotatable bonds is 3. The monoisotopic (exact) mass is 296 g/mol. The second kappa shape index (κ2) is 5.34. The highest BCUT2D eigenvalue weighted by Gasteiger charge is 2.52. The molecular weight excluding hydrogens is 277 g/mol. The van der Waals surface area contributed by atoms with E-state index in [-0.39, 0.29) is 11.5 Å². The molecule has 0 aromatic heterocycles. The van der Waals surface area contributed by atoms with Crippen molar-refractivity contribution < 1.29 is 18.3 Å². The molecule has 1 unspecified atom stereocenters. The molecule has 4 heteroatoms. The molecule has 0 spiro atoms. The van der Waals surface area contributed by atoms with Crippen LogP contribution in [-0.2, 0) is 12.0 Å². The van der Waals surface area contributed by atoms with Crippen LogP contribution in [0.4, 0.5) is 13.2 Å². The highest BCUT2D eigenvalue weighted by Crippen LogP contribution is 2.43. The molecule has 2 rings (SSSR count). The highest BCUT2D eigenvalue weighted by atomic mass is 19.4. The third-order valence-corrected chi connectivity index (χ3v) is 3.68. The van der Waals surface area contributed by atoms with Crippen molar-refractivity contribution in [3.05, 3.63) is 47.5 Å². The Kier molecular flexibility index (Phi) is 4.02. The van der Waals surface area contributed by atoms with Gasteiger partial charge in [-0.3, -0.25) is 0 Å². The van der Waals surface area contributed by atoms with Gasteiger partial charge in [0.2, 0.25) is 0 Å². The minimum atomic E-state index is -4.72. The molecule has 1 nitrogen and oxygen atoms in total. The molecule has 0 aliphatic carbocycles. The molecule has 2 aromatic rings. The number of hydrogen-bond acceptors (Lipinski definition) is 1. The number of fused-ring (bicyclic) bond motifs is 1. The molecule has 0 radical (unpaired) electrons. The van der Waals surface area contributed by atoms with Gasteiger partial charge in [-0.2, -0.15) is 13.2 Å². The molecule has 0 aliphatic heterocycles. The van der Waals surface area contributed by atoms with E-state index in [0.717, 1.165) is 6.92 Å². The van der Waals surface area contributed by atoms with E-state index in [9.17, 15) is 18.3 Å². The zero-order chi connectivity index (χ0) is 15.8. The maximum atomic E-state index is 13.3. The second-order valence-electron chi connectivity index (χ2n) is 5.99. The van der Waals surface area contributed by atoms with E-state index in [1.54, 1.807) is 30.3 Å². The molecule has 21 heavy (non-hydrogen) atoms. The first-order chi connectivity index (χ1) is 9.64. The van der Waals surface area contributed by atoms with Crippen LogP contribution in [-0.4, -0.2) is 11.3 Å². The Hall–Kier alpha value is -1.55. The summed E-state index contributed by atoms with van der Waals surface area (Å²) in [7, 11) is 0. The van der Waals surface area contributed by atoms with E-state index in [0.29, 0.717) is 22.8 Å². The quantitative estimate of drug-likeness (QED) is 0.862. The van der Waals surface area contributed by atoms with Gasteiger partial charge in [0, 0.05) is 5.56 Å². The SMILES string of the molecule is CC(C)Cc1ccc2ccccc2c1C(C)(O)C(F)(F)F. The van der Waals surface area contributed by atoms with Gasteiger partial charge in [-0.1, -0.05) is 50.2 Å². The van der Waals surface area contributed by atoms with Gasteiger partial charge in [-0.05, 0) is 35.6 Å². The molecule has 0 heterocycles.